The van der Waals surface area contributed by atoms with Crippen LogP contribution in [0.5, 0.6) is 0 Å². The molecule has 0 atom stereocenters. The Morgan fingerprint density at radius 2 is 2.00 bits per heavy atom. The van der Waals surface area contributed by atoms with Crippen molar-refractivity contribution in [3.8, 4) is 12.3 Å². The molecule has 0 spiro atoms. The summed E-state index contributed by atoms with van der Waals surface area (Å²) in [4.78, 5) is 16.3. The van der Waals surface area contributed by atoms with Gasteiger partial charge in [-0.05, 0) is 19.2 Å². The number of carbonyl (C=O) groups excluding carboxylic acids is 1. The van der Waals surface area contributed by atoms with Crippen LogP contribution in [0.1, 0.15) is 24.2 Å². The number of nitrogens with zero attached hydrogens (tertiary/aromatic N) is 1. The number of rotatable bonds is 2. The average molecular weight is 273 g/mol. The van der Waals surface area contributed by atoms with Crippen molar-refractivity contribution in [2.45, 2.75) is 19.4 Å². The maximum Gasteiger partial charge on any atom is 0.254 e. The van der Waals surface area contributed by atoms with E-state index >= 15 is 0 Å². The van der Waals surface area contributed by atoms with E-state index in [1.807, 2.05) is 24.3 Å². The first kappa shape index (κ1) is 13.4. The summed E-state index contributed by atoms with van der Waals surface area (Å²) in [5.74, 6) is 2.26. The maximum atomic E-state index is 12.3. The molecule has 1 aromatic carbocycles. The second kappa shape index (κ2) is 4.91. The van der Waals surface area contributed by atoms with Gasteiger partial charge in [0.05, 0.1) is 11.1 Å². The molecule has 1 heterocycles. The Bertz CT molecular complexity index is 686. The van der Waals surface area contributed by atoms with E-state index in [0.29, 0.717) is 10.7 Å². The van der Waals surface area contributed by atoms with E-state index in [1.54, 1.807) is 13.8 Å². The Morgan fingerprint density at radius 3 is 2.63 bits per heavy atom. The zero-order valence-corrected chi connectivity index (χ0v) is 11.5. The Kier molecular flexibility index (Phi) is 3.46. The van der Waals surface area contributed by atoms with Crippen molar-refractivity contribution in [1.29, 1.82) is 0 Å². The average Bonchev–Trinajstić information content (AvgIpc) is 2.39. The first-order valence-corrected chi connectivity index (χ1v) is 6.16. The molecule has 1 N–H and O–H groups in total. The summed E-state index contributed by atoms with van der Waals surface area (Å²) < 4.78 is 0. The van der Waals surface area contributed by atoms with Crippen LogP contribution in [-0.4, -0.2) is 16.4 Å². The second-order valence-electron chi connectivity index (χ2n) is 4.73. The molecular formula is C15H13ClN2O. The zero-order chi connectivity index (χ0) is 14.0. The fourth-order valence-electron chi connectivity index (χ4n) is 1.73. The molecule has 0 bridgehead atoms. The fraction of sp³-hybridized carbons (Fsp3) is 0.200. The Labute approximate surface area is 117 Å². The van der Waals surface area contributed by atoms with Crippen molar-refractivity contribution >= 4 is 28.3 Å². The smallest absolute Gasteiger partial charge is 0.254 e. The van der Waals surface area contributed by atoms with Gasteiger partial charge in [0.2, 0.25) is 0 Å². The monoisotopic (exact) mass is 272 g/mol. The van der Waals surface area contributed by atoms with Crippen molar-refractivity contribution in [3.05, 3.63) is 41.2 Å². The lowest BCUT2D eigenvalue weighted by atomic mass is 10.0. The number of aromatic nitrogens is 1. The first-order chi connectivity index (χ1) is 8.94. The molecule has 1 aromatic heterocycles. The van der Waals surface area contributed by atoms with Crippen LogP contribution in [0.25, 0.3) is 10.8 Å². The van der Waals surface area contributed by atoms with Crippen LogP contribution in [0.2, 0.25) is 5.15 Å². The minimum atomic E-state index is -0.710. The van der Waals surface area contributed by atoms with Gasteiger partial charge in [0, 0.05) is 11.6 Å². The van der Waals surface area contributed by atoms with Crippen LogP contribution in [0.4, 0.5) is 0 Å². The standard InChI is InChI=1S/C15H13ClN2O/c1-4-15(2,3)18-14(19)12-9-17-13(16)11-8-6-5-7-10(11)12/h1,5-9H,2-3H3,(H,18,19). The molecule has 0 aliphatic carbocycles. The lowest BCUT2D eigenvalue weighted by Crippen LogP contribution is -2.42. The van der Waals surface area contributed by atoms with Gasteiger partial charge in [0.15, 0.2) is 0 Å². The molecule has 1 amide bonds. The molecule has 0 aliphatic rings. The molecular weight excluding hydrogens is 260 g/mol. The summed E-state index contributed by atoms with van der Waals surface area (Å²) in [6, 6.07) is 7.36. The van der Waals surface area contributed by atoms with Crippen LogP contribution in [0, 0.1) is 12.3 Å². The van der Waals surface area contributed by atoms with E-state index in [-0.39, 0.29) is 5.91 Å². The van der Waals surface area contributed by atoms with Crippen molar-refractivity contribution in [2.24, 2.45) is 0 Å². The summed E-state index contributed by atoms with van der Waals surface area (Å²) in [5.41, 5.74) is -0.249. The van der Waals surface area contributed by atoms with Crippen molar-refractivity contribution in [3.63, 3.8) is 0 Å². The molecule has 96 valence electrons. The third kappa shape index (κ3) is 2.69. The zero-order valence-electron chi connectivity index (χ0n) is 10.7. The topological polar surface area (TPSA) is 42.0 Å². The van der Waals surface area contributed by atoms with Crippen molar-refractivity contribution in [1.82, 2.24) is 10.3 Å². The van der Waals surface area contributed by atoms with E-state index in [4.69, 9.17) is 18.0 Å². The van der Waals surface area contributed by atoms with E-state index in [1.165, 1.54) is 6.20 Å². The molecule has 0 aliphatic heterocycles. The minimum absolute atomic E-state index is 0.261. The van der Waals surface area contributed by atoms with Crippen LogP contribution in [0.3, 0.4) is 0 Å². The van der Waals surface area contributed by atoms with Crippen molar-refractivity contribution in [2.75, 3.05) is 0 Å². The normalized spacial score (nSPS) is 11.1. The number of terminal acetylenes is 1. The fourth-order valence-corrected chi connectivity index (χ4v) is 1.94. The third-order valence-corrected chi connectivity index (χ3v) is 3.08. The van der Waals surface area contributed by atoms with Gasteiger partial charge in [-0.1, -0.05) is 41.8 Å². The number of halogens is 1. The number of pyridine rings is 1. The number of carbonyl (C=O) groups is 1. The van der Waals surface area contributed by atoms with Crippen LogP contribution in [-0.2, 0) is 0 Å². The van der Waals surface area contributed by atoms with Gasteiger partial charge in [0.25, 0.3) is 5.91 Å². The van der Waals surface area contributed by atoms with Gasteiger partial charge in [-0.15, -0.1) is 6.42 Å². The molecule has 19 heavy (non-hydrogen) atoms. The number of hydrogen-bond donors (Lipinski definition) is 1. The lowest BCUT2D eigenvalue weighted by molar-refractivity contribution is 0.0931. The lowest BCUT2D eigenvalue weighted by Gasteiger charge is -2.20. The summed E-state index contributed by atoms with van der Waals surface area (Å²) in [6.07, 6.45) is 6.83. The predicted molar refractivity (Wildman–Crippen MR) is 77.1 cm³/mol. The molecule has 0 saturated heterocycles. The largest absolute Gasteiger partial charge is 0.336 e. The summed E-state index contributed by atoms with van der Waals surface area (Å²) >= 11 is 6.02. The molecule has 2 rings (SSSR count). The van der Waals surface area contributed by atoms with Crippen molar-refractivity contribution < 1.29 is 4.79 Å². The van der Waals surface area contributed by atoms with Crippen LogP contribution in [0.15, 0.2) is 30.5 Å². The molecule has 0 unspecified atom stereocenters. The SMILES string of the molecule is C#CC(C)(C)NC(=O)c1cnc(Cl)c2ccccc12. The van der Waals surface area contributed by atoms with Gasteiger partial charge < -0.3 is 5.32 Å². The number of fused-ring (bicyclic) bond motifs is 1. The first-order valence-electron chi connectivity index (χ1n) is 5.78. The van der Waals surface area contributed by atoms with Crippen LogP contribution < -0.4 is 5.32 Å². The third-order valence-electron chi connectivity index (χ3n) is 2.78. The number of hydrogen-bond acceptors (Lipinski definition) is 2. The number of benzene rings is 1. The highest BCUT2D eigenvalue weighted by Crippen LogP contribution is 2.24. The van der Waals surface area contributed by atoms with Gasteiger partial charge in [-0.25, -0.2) is 4.98 Å². The maximum absolute atomic E-state index is 12.3. The number of nitrogens with one attached hydrogen (secondary N) is 1. The minimum Gasteiger partial charge on any atom is -0.336 e. The van der Waals surface area contributed by atoms with E-state index in [2.05, 4.69) is 16.2 Å². The summed E-state index contributed by atoms with van der Waals surface area (Å²) in [7, 11) is 0. The quantitative estimate of drug-likeness (QED) is 0.674. The summed E-state index contributed by atoms with van der Waals surface area (Å²) in [6.45, 7) is 3.52. The second-order valence-corrected chi connectivity index (χ2v) is 5.09. The molecule has 0 radical (unpaired) electrons. The molecule has 3 nitrogen and oxygen atoms in total. The van der Waals surface area contributed by atoms with Crippen LogP contribution >= 0.6 is 11.6 Å². The highest BCUT2D eigenvalue weighted by Gasteiger charge is 2.20. The van der Waals surface area contributed by atoms with Gasteiger partial charge in [-0.3, -0.25) is 4.79 Å². The Hall–Kier alpha value is -2.05. The summed E-state index contributed by atoms with van der Waals surface area (Å²) in [5, 5.41) is 4.66. The Morgan fingerprint density at radius 1 is 1.37 bits per heavy atom. The Balaban J connectivity index is 2.50. The van der Waals surface area contributed by atoms with E-state index in [0.717, 1.165) is 10.8 Å². The van der Waals surface area contributed by atoms with E-state index < -0.39 is 5.54 Å². The molecule has 2 aromatic rings. The van der Waals surface area contributed by atoms with E-state index in [9.17, 15) is 4.79 Å². The number of amides is 1. The van der Waals surface area contributed by atoms with Gasteiger partial charge in [0.1, 0.15) is 5.15 Å². The van der Waals surface area contributed by atoms with Gasteiger partial charge in [-0.2, -0.15) is 0 Å². The molecule has 0 saturated carbocycles. The highest BCUT2D eigenvalue weighted by molar-refractivity contribution is 6.34. The molecule has 4 heteroatoms. The predicted octanol–water partition coefficient (Wildman–Crippen LogP) is 3.03. The highest BCUT2D eigenvalue weighted by atomic mass is 35.5. The van der Waals surface area contributed by atoms with Gasteiger partial charge >= 0.3 is 0 Å². The molecule has 0 fully saturated rings.